The summed E-state index contributed by atoms with van der Waals surface area (Å²) in [7, 11) is 0. The van der Waals surface area contributed by atoms with Crippen molar-refractivity contribution in [1.82, 2.24) is 0 Å². The summed E-state index contributed by atoms with van der Waals surface area (Å²) in [5.74, 6) is 0.397. The first-order valence-corrected chi connectivity index (χ1v) is 8.51. The quantitative estimate of drug-likeness (QED) is 0.587. The number of benzene rings is 2. The molecule has 5 nitrogen and oxygen atoms in total. The van der Waals surface area contributed by atoms with E-state index in [9.17, 15) is 4.79 Å². The number of hydrogen-bond acceptors (Lipinski definition) is 4. The number of thiocarbonyl (C=S) groups is 1. The van der Waals surface area contributed by atoms with Gasteiger partial charge in [-0.15, -0.1) is 0 Å². The van der Waals surface area contributed by atoms with Crippen molar-refractivity contribution < 1.29 is 14.3 Å². The van der Waals surface area contributed by atoms with Crippen molar-refractivity contribution in [2.75, 3.05) is 17.2 Å². The molecule has 2 aromatic carbocycles. The standard InChI is InChI=1S/C19H22N2O3S/c1-4-23-17-8-6-5-7-16(17)21-19(25)20-15-11-9-14(10-12-15)18(22)24-13(2)3/h5-13H,4H2,1-3H3,(H2,20,21,25). The van der Waals surface area contributed by atoms with Gasteiger partial charge in [-0.05, 0) is 69.4 Å². The Balaban J connectivity index is 1.98. The zero-order chi connectivity index (χ0) is 18.2. The van der Waals surface area contributed by atoms with Crippen LogP contribution in [-0.2, 0) is 4.74 Å². The van der Waals surface area contributed by atoms with Crippen LogP contribution in [-0.4, -0.2) is 23.8 Å². The molecule has 0 aliphatic rings. The summed E-state index contributed by atoms with van der Waals surface area (Å²) in [5.41, 5.74) is 2.06. The van der Waals surface area contributed by atoms with E-state index in [1.807, 2.05) is 45.0 Å². The first kappa shape index (κ1) is 18.7. The van der Waals surface area contributed by atoms with Gasteiger partial charge in [0.25, 0.3) is 0 Å². The number of carbonyl (C=O) groups is 1. The molecule has 6 heteroatoms. The Bertz CT molecular complexity index is 730. The molecule has 2 aromatic rings. The molecule has 132 valence electrons. The summed E-state index contributed by atoms with van der Waals surface area (Å²) in [4.78, 5) is 11.8. The van der Waals surface area contributed by atoms with E-state index in [0.29, 0.717) is 17.3 Å². The van der Waals surface area contributed by atoms with E-state index in [0.717, 1.165) is 17.1 Å². The topological polar surface area (TPSA) is 59.6 Å². The lowest BCUT2D eigenvalue weighted by molar-refractivity contribution is 0.0378. The van der Waals surface area contributed by atoms with Crippen LogP contribution in [0.2, 0.25) is 0 Å². The van der Waals surface area contributed by atoms with E-state index in [1.165, 1.54) is 0 Å². The number of ether oxygens (including phenoxy) is 2. The predicted molar refractivity (Wildman–Crippen MR) is 104 cm³/mol. The van der Waals surface area contributed by atoms with Gasteiger partial charge in [0.05, 0.1) is 24.0 Å². The Kier molecular flexibility index (Phi) is 6.77. The van der Waals surface area contributed by atoms with Gasteiger partial charge in [0.1, 0.15) is 5.75 Å². The van der Waals surface area contributed by atoms with E-state index in [4.69, 9.17) is 21.7 Å². The van der Waals surface area contributed by atoms with Crippen LogP contribution in [0.1, 0.15) is 31.1 Å². The average molecular weight is 358 g/mol. The van der Waals surface area contributed by atoms with E-state index < -0.39 is 0 Å². The van der Waals surface area contributed by atoms with E-state index in [2.05, 4.69) is 10.6 Å². The minimum absolute atomic E-state index is 0.146. The fourth-order valence-corrected chi connectivity index (χ4v) is 2.34. The Morgan fingerprint density at radius 2 is 1.76 bits per heavy atom. The van der Waals surface area contributed by atoms with Gasteiger partial charge in [-0.2, -0.15) is 0 Å². The minimum atomic E-state index is -0.340. The summed E-state index contributed by atoms with van der Waals surface area (Å²) in [6, 6.07) is 14.5. The van der Waals surface area contributed by atoms with Crippen molar-refractivity contribution in [3.63, 3.8) is 0 Å². The number of hydrogen-bond donors (Lipinski definition) is 2. The molecule has 0 aromatic heterocycles. The van der Waals surface area contributed by atoms with Gasteiger partial charge in [-0.25, -0.2) is 4.79 Å². The number of esters is 1. The third-order valence-electron chi connectivity index (χ3n) is 3.16. The van der Waals surface area contributed by atoms with Gasteiger partial charge in [-0.1, -0.05) is 12.1 Å². The fourth-order valence-electron chi connectivity index (χ4n) is 2.11. The van der Waals surface area contributed by atoms with Crippen molar-refractivity contribution in [2.45, 2.75) is 26.9 Å². The zero-order valence-electron chi connectivity index (χ0n) is 14.5. The third kappa shape index (κ3) is 5.76. The number of anilines is 2. The molecule has 0 saturated heterocycles. The second kappa shape index (κ2) is 9.03. The van der Waals surface area contributed by atoms with E-state index in [-0.39, 0.29) is 12.1 Å². The highest BCUT2D eigenvalue weighted by molar-refractivity contribution is 7.80. The average Bonchev–Trinajstić information content (AvgIpc) is 2.57. The lowest BCUT2D eigenvalue weighted by atomic mass is 10.2. The van der Waals surface area contributed by atoms with Gasteiger partial charge in [0.2, 0.25) is 0 Å². The maximum Gasteiger partial charge on any atom is 0.338 e. The molecule has 2 N–H and O–H groups in total. The molecule has 0 radical (unpaired) electrons. The Labute approximate surface area is 153 Å². The smallest absolute Gasteiger partial charge is 0.338 e. The first-order valence-electron chi connectivity index (χ1n) is 8.10. The lowest BCUT2D eigenvalue weighted by Gasteiger charge is -2.14. The maximum atomic E-state index is 11.8. The van der Waals surface area contributed by atoms with Crippen LogP contribution in [0.25, 0.3) is 0 Å². The summed E-state index contributed by atoms with van der Waals surface area (Å²) in [6.07, 6.45) is -0.146. The Hall–Kier alpha value is -2.60. The number of nitrogens with one attached hydrogen (secondary N) is 2. The maximum absolute atomic E-state index is 11.8. The summed E-state index contributed by atoms with van der Waals surface area (Å²) in [5, 5.41) is 6.63. The van der Waals surface area contributed by atoms with Gasteiger partial charge >= 0.3 is 5.97 Å². The van der Waals surface area contributed by atoms with Crippen LogP contribution in [0.4, 0.5) is 11.4 Å². The molecular formula is C19H22N2O3S. The number of para-hydroxylation sites is 2. The van der Waals surface area contributed by atoms with Gasteiger partial charge in [0, 0.05) is 5.69 Å². The number of carbonyl (C=O) groups excluding carboxylic acids is 1. The predicted octanol–water partition coefficient (Wildman–Crippen LogP) is 4.46. The van der Waals surface area contributed by atoms with Crippen LogP contribution >= 0.6 is 12.2 Å². The zero-order valence-corrected chi connectivity index (χ0v) is 15.4. The first-order chi connectivity index (χ1) is 12.0. The van der Waals surface area contributed by atoms with Crippen LogP contribution in [0, 0.1) is 0 Å². The second-order valence-electron chi connectivity index (χ2n) is 5.54. The summed E-state index contributed by atoms with van der Waals surface area (Å²) in [6.45, 7) is 6.14. The lowest BCUT2D eigenvalue weighted by Crippen LogP contribution is -2.19. The largest absolute Gasteiger partial charge is 0.492 e. The van der Waals surface area contributed by atoms with E-state index >= 15 is 0 Å². The molecule has 0 unspecified atom stereocenters. The van der Waals surface area contributed by atoms with Crippen LogP contribution in [0.5, 0.6) is 5.75 Å². The minimum Gasteiger partial charge on any atom is -0.492 e. The number of rotatable bonds is 6. The summed E-state index contributed by atoms with van der Waals surface area (Å²) < 4.78 is 10.7. The van der Waals surface area contributed by atoms with Crippen molar-refractivity contribution in [2.24, 2.45) is 0 Å². The van der Waals surface area contributed by atoms with Crippen molar-refractivity contribution in [3.05, 3.63) is 54.1 Å². The SMILES string of the molecule is CCOc1ccccc1NC(=S)Nc1ccc(C(=O)OC(C)C)cc1. The molecule has 25 heavy (non-hydrogen) atoms. The molecule has 0 aliphatic carbocycles. The van der Waals surface area contributed by atoms with E-state index in [1.54, 1.807) is 24.3 Å². The van der Waals surface area contributed by atoms with Crippen LogP contribution in [0.3, 0.4) is 0 Å². The molecule has 0 saturated carbocycles. The third-order valence-corrected chi connectivity index (χ3v) is 3.36. The summed E-state index contributed by atoms with van der Waals surface area (Å²) >= 11 is 5.33. The molecule has 0 amide bonds. The molecule has 0 aliphatic heterocycles. The highest BCUT2D eigenvalue weighted by Crippen LogP contribution is 2.24. The molecular weight excluding hydrogens is 336 g/mol. The second-order valence-corrected chi connectivity index (χ2v) is 5.95. The van der Waals surface area contributed by atoms with Crippen LogP contribution < -0.4 is 15.4 Å². The molecule has 0 bridgehead atoms. The molecule has 0 spiro atoms. The van der Waals surface area contributed by atoms with Gasteiger partial charge in [-0.3, -0.25) is 0 Å². The van der Waals surface area contributed by atoms with Gasteiger partial charge < -0.3 is 20.1 Å². The highest BCUT2D eigenvalue weighted by Gasteiger charge is 2.09. The monoisotopic (exact) mass is 358 g/mol. The fraction of sp³-hybridized carbons (Fsp3) is 0.263. The van der Waals surface area contributed by atoms with Crippen molar-refractivity contribution in [3.8, 4) is 5.75 Å². The molecule has 0 fully saturated rings. The van der Waals surface area contributed by atoms with Crippen molar-refractivity contribution >= 4 is 34.7 Å². The molecule has 0 heterocycles. The Morgan fingerprint density at radius 3 is 2.40 bits per heavy atom. The van der Waals surface area contributed by atoms with Crippen LogP contribution in [0.15, 0.2) is 48.5 Å². The molecule has 2 rings (SSSR count). The van der Waals surface area contributed by atoms with Crippen molar-refractivity contribution in [1.29, 1.82) is 0 Å². The highest BCUT2D eigenvalue weighted by atomic mass is 32.1. The van der Waals surface area contributed by atoms with Gasteiger partial charge in [0.15, 0.2) is 5.11 Å². The molecule has 0 atom stereocenters. The Morgan fingerprint density at radius 1 is 1.08 bits per heavy atom. The normalized spacial score (nSPS) is 10.2.